The van der Waals surface area contributed by atoms with Gasteiger partial charge in [-0.2, -0.15) is 0 Å². The summed E-state index contributed by atoms with van der Waals surface area (Å²) in [5, 5.41) is 6.33. The molecule has 5 heteroatoms. The second-order valence-corrected chi connectivity index (χ2v) is 6.02. The second kappa shape index (κ2) is 8.50. The van der Waals surface area contributed by atoms with E-state index < -0.39 is 6.04 Å². The van der Waals surface area contributed by atoms with Crippen LogP contribution in [0.4, 0.5) is 0 Å². The summed E-state index contributed by atoms with van der Waals surface area (Å²) in [5.41, 5.74) is 1.51. The van der Waals surface area contributed by atoms with E-state index in [2.05, 4.69) is 10.6 Å². The Labute approximate surface area is 147 Å². The molecule has 2 rings (SSSR count). The van der Waals surface area contributed by atoms with Crippen LogP contribution in [0.3, 0.4) is 0 Å². The summed E-state index contributed by atoms with van der Waals surface area (Å²) >= 11 is 5.90. The van der Waals surface area contributed by atoms with Crippen LogP contribution in [0.1, 0.15) is 42.2 Å². The molecule has 0 aliphatic rings. The van der Waals surface area contributed by atoms with Crippen LogP contribution in [0, 0.1) is 0 Å². The Balaban J connectivity index is 1.97. The fraction of sp³-hybridized carbons (Fsp3) is 0.263. The fourth-order valence-corrected chi connectivity index (χ4v) is 2.47. The van der Waals surface area contributed by atoms with E-state index >= 15 is 0 Å². The fourth-order valence-electron chi connectivity index (χ4n) is 2.35. The number of hydrogen-bond acceptors (Lipinski definition) is 2. The Bertz CT molecular complexity index is 686. The number of amides is 2. The van der Waals surface area contributed by atoms with Crippen LogP contribution in [0.15, 0.2) is 54.6 Å². The van der Waals surface area contributed by atoms with Gasteiger partial charge in [-0.25, -0.2) is 0 Å². The molecule has 0 aliphatic carbocycles. The zero-order valence-corrected chi connectivity index (χ0v) is 14.5. The molecule has 0 fully saturated rings. The first kappa shape index (κ1) is 18.0. The minimum absolute atomic E-state index is 0.120. The summed E-state index contributed by atoms with van der Waals surface area (Å²) in [6.45, 7) is 3.66. The lowest BCUT2D eigenvalue weighted by atomic mass is 10.0. The minimum Gasteiger partial charge on any atom is -0.348 e. The van der Waals surface area contributed by atoms with Crippen LogP contribution in [0.5, 0.6) is 0 Å². The Morgan fingerprint density at radius 1 is 1.00 bits per heavy atom. The molecular formula is C19H21ClN2O2. The van der Waals surface area contributed by atoms with Crippen LogP contribution in [-0.4, -0.2) is 17.9 Å². The monoisotopic (exact) mass is 344 g/mol. The van der Waals surface area contributed by atoms with E-state index in [0.717, 1.165) is 12.0 Å². The number of halogens is 1. The topological polar surface area (TPSA) is 58.2 Å². The molecule has 4 nitrogen and oxygen atoms in total. The average Bonchev–Trinajstić information content (AvgIpc) is 2.61. The summed E-state index contributed by atoms with van der Waals surface area (Å²) in [6.07, 6.45) is 0.743. The third kappa shape index (κ3) is 4.83. The van der Waals surface area contributed by atoms with E-state index in [1.807, 2.05) is 25.1 Å². The van der Waals surface area contributed by atoms with Crippen molar-refractivity contribution in [2.75, 3.05) is 0 Å². The number of carbonyl (C=O) groups is 2. The third-order valence-electron chi connectivity index (χ3n) is 3.77. The molecule has 0 heterocycles. The minimum atomic E-state index is -0.626. The van der Waals surface area contributed by atoms with E-state index in [9.17, 15) is 9.59 Å². The van der Waals surface area contributed by atoms with Crippen molar-refractivity contribution in [2.45, 2.75) is 32.4 Å². The average molecular weight is 345 g/mol. The SMILES string of the molecule is CCC(NC(=O)C(C)NC(=O)c1ccccc1)c1ccc(Cl)cc1. The standard InChI is InChI=1S/C19H21ClN2O2/c1-3-17(14-9-11-16(20)12-10-14)22-18(23)13(2)21-19(24)15-7-5-4-6-8-15/h4-13,17H,3H2,1-2H3,(H,21,24)(H,22,23). The normalized spacial score (nSPS) is 13.0. The van der Waals surface area contributed by atoms with Gasteiger partial charge in [0, 0.05) is 10.6 Å². The van der Waals surface area contributed by atoms with Crippen molar-refractivity contribution in [3.05, 3.63) is 70.7 Å². The Hall–Kier alpha value is -2.33. The van der Waals surface area contributed by atoms with Crippen molar-refractivity contribution in [3.63, 3.8) is 0 Å². The second-order valence-electron chi connectivity index (χ2n) is 5.58. The van der Waals surface area contributed by atoms with Crippen molar-refractivity contribution in [2.24, 2.45) is 0 Å². The summed E-state index contributed by atoms with van der Waals surface area (Å²) in [5.74, 6) is -0.487. The highest BCUT2D eigenvalue weighted by molar-refractivity contribution is 6.30. The highest BCUT2D eigenvalue weighted by Crippen LogP contribution is 2.19. The van der Waals surface area contributed by atoms with Crippen LogP contribution >= 0.6 is 11.6 Å². The number of rotatable bonds is 6. The molecule has 2 atom stereocenters. The maximum atomic E-state index is 12.4. The molecule has 126 valence electrons. The molecule has 2 N–H and O–H groups in total. The predicted molar refractivity (Wildman–Crippen MR) is 96.0 cm³/mol. The van der Waals surface area contributed by atoms with Crippen molar-refractivity contribution in [1.82, 2.24) is 10.6 Å². The zero-order chi connectivity index (χ0) is 17.5. The van der Waals surface area contributed by atoms with Crippen molar-refractivity contribution in [1.29, 1.82) is 0 Å². The first-order chi connectivity index (χ1) is 11.5. The highest BCUT2D eigenvalue weighted by atomic mass is 35.5. The Kier molecular flexibility index (Phi) is 6.38. The van der Waals surface area contributed by atoms with Gasteiger partial charge in [0.05, 0.1) is 6.04 Å². The lowest BCUT2D eigenvalue weighted by Gasteiger charge is -2.21. The molecule has 2 aromatic rings. The number of benzene rings is 2. The van der Waals surface area contributed by atoms with Gasteiger partial charge in [-0.3, -0.25) is 9.59 Å². The molecule has 0 spiro atoms. The van der Waals surface area contributed by atoms with Crippen LogP contribution in [0.2, 0.25) is 5.02 Å². The van der Waals surface area contributed by atoms with Gasteiger partial charge in [0.1, 0.15) is 6.04 Å². The summed E-state index contributed by atoms with van der Waals surface area (Å²) in [6, 6.07) is 15.5. The lowest BCUT2D eigenvalue weighted by molar-refractivity contribution is -0.123. The summed E-state index contributed by atoms with van der Waals surface area (Å²) in [7, 11) is 0. The Morgan fingerprint density at radius 3 is 2.21 bits per heavy atom. The molecule has 0 aromatic heterocycles. The van der Waals surface area contributed by atoms with E-state index in [4.69, 9.17) is 11.6 Å². The maximum absolute atomic E-state index is 12.4. The van der Waals surface area contributed by atoms with Gasteiger partial charge in [-0.1, -0.05) is 48.9 Å². The number of carbonyl (C=O) groups excluding carboxylic acids is 2. The van der Waals surface area contributed by atoms with E-state index in [-0.39, 0.29) is 17.9 Å². The predicted octanol–water partition coefficient (Wildman–Crippen LogP) is 3.73. The van der Waals surface area contributed by atoms with Crippen molar-refractivity contribution >= 4 is 23.4 Å². The van der Waals surface area contributed by atoms with E-state index in [1.165, 1.54) is 0 Å². The summed E-state index contributed by atoms with van der Waals surface area (Å²) in [4.78, 5) is 24.5. The first-order valence-corrected chi connectivity index (χ1v) is 8.30. The zero-order valence-electron chi connectivity index (χ0n) is 13.8. The summed E-state index contributed by atoms with van der Waals surface area (Å²) < 4.78 is 0. The van der Waals surface area contributed by atoms with Crippen LogP contribution < -0.4 is 10.6 Å². The van der Waals surface area contributed by atoms with Gasteiger partial charge in [0.25, 0.3) is 5.91 Å². The highest BCUT2D eigenvalue weighted by Gasteiger charge is 2.20. The molecule has 0 radical (unpaired) electrons. The molecule has 2 amide bonds. The van der Waals surface area contributed by atoms with Gasteiger partial charge in [-0.05, 0) is 43.2 Å². The third-order valence-corrected chi connectivity index (χ3v) is 4.03. The molecule has 0 aliphatic heterocycles. The molecule has 24 heavy (non-hydrogen) atoms. The van der Waals surface area contributed by atoms with E-state index in [1.54, 1.807) is 43.3 Å². The number of hydrogen-bond donors (Lipinski definition) is 2. The smallest absolute Gasteiger partial charge is 0.251 e. The lowest BCUT2D eigenvalue weighted by Crippen LogP contribution is -2.45. The molecule has 0 bridgehead atoms. The van der Waals surface area contributed by atoms with Gasteiger partial charge in [-0.15, -0.1) is 0 Å². The largest absolute Gasteiger partial charge is 0.348 e. The van der Waals surface area contributed by atoms with Gasteiger partial charge in [0.15, 0.2) is 0 Å². The number of nitrogens with one attached hydrogen (secondary N) is 2. The molecule has 0 saturated carbocycles. The van der Waals surface area contributed by atoms with Gasteiger partial charge >= 0.3 is 0 Å². The molecule has 2 aromatic carbocycles. The van der Waals surface area contributed by atoms with Crippen molar-refractivity contribution < 1.29 is 9.59 Å². The van der Waals surface area contributed by atoms with Crippen molar-refractivity contribution in [3.8, 4) is 0 Å². The quantitative estimate of drug-likeness (QED) is 0.839. The van der Waals surface area contributed by atoms with Gasteiger partial charge < -0.3 is 10.6 Å². The van der Waals surface area contributed by atoms with E-state index in [0.29, 0.717) is 10.6 Å². The molecule has 0 saturated heterocycles. The Morgan fingerprint density at radius 2 is 1.62 bits per heavy atom. The van der Waals surface area contributed by atoms with Crippen LogP contribution in [0.25, 0.3) is 0 Å². The first-order valence-electron chi connectivity index (χ1n) is 7.93. The van der Waals surface area contributed by atoms with Crippen LogP contribution in [-0.2, 0) is 4.79 Å². The van der Waals surface area contributed by atoms with Gasteiger partial charge in [0.2, 0.25) is 5.91 Å². The molecule has 2 unspecified atom stereocenters. The molecular weight excluding hydrogens is 324 g/mol. The maximum Gasteiger partial charge on any atom is 0.251 e.